The Kier molecular flexibility index (Phi) is 4.60. The van der Waals surface area contributed by atoms with Crippen LogP contribution in [-0.2, 0) is 6.42 Å². The number of hydrogen-bond acceptors (Lipinski definition) is 5. The van der Waals surface area contributed by atoms with Crippen molar-refractivity contribution in [1.29, 1.82) is 0 Å². The molecule has 146 valence electrons. The van der Waals surface area contributed by atoms with E-state index >= 15 is 0 Å². The second kappa shape index (κ2) is 7.54. The van der Waals surface area contributed by atoms with Crippen LogP contribution in [0.1, 0.15) is 16.1 Å². The van der Waals surface area contributed by atoms with E-state index in [2.05, 4.69) is 44.0 Å². The van der Waals surface area contributed by atoms with Crippen LogP contribution < -0.4 is 9.80 Å². The van der Waals surface area contributed by atoms with Crippen LogP contribution in [0.5, 0.6) is 0 Å². The van der Waals surface area contributed by atoms with Gasteiger partial charge < -0.3 is 14.7 Å². The van der Waals surface area contributed by atoms with Gasteiger partial charge in [0, 0.05) is 44.6 Å². The minimum Gasteiger partial charge on any atom is -0.353 e. The molecule has 1 amide bonds. The Balaban J connectivity index is 1.25. The molecule has 0 unspecified atom stereocenters. The molecule has 3 aromatic rings. The first kappa shape index (κ1) is 17.7. The number of nitrogens with zero attached hydrogens (tertiary/aromatic N) is 5. The first-order valence-electron chi connectivity index (χ1n) is 10.1. The Morgan fingerprint density at radius 2 is 1.66 bits per heavy atom. The standard InChI is InChI=1S/C23H23N5O/c29-23(27-15-13-26(14-16-27)22-7-3-4-11-24-22)20-9-8-19(17-25-20)28-12-10-18-5-1-2-6-21(18)28/h1-9,11,17H,10,12-16H2. The van der Waals surface area contributed by atoms with Gasteiger partial charge in [-0.25, -0.2) is 9.97 Å². The molecule has 0 bridgehead atoms. The van der Waals surface area contributed by atoms with E-state index in [1.807, 2.05) is 41.4 Å². The fourth-order valence-corrected chi connectivity index (χ4v) is 4.12. The summed E-state index contributed by atoms with van der Waals surface area (Å²) in [6.45, 7) is 3.87. The number of pyridine rings is 2. The van der Waals surface area contributed by atoms with Gasteiger partial charge in [-0.15, -0.1) is 0 Å². The number of aromatic nitrogens is 2. The smallest absolute Gasteiger partial charge is 0.272 e. The fraction of sp³-hybridized carbons (Fsp3) is 0.261. The number of hydrogen-bond donors (Lipinski definition) is 0. The first-order valence-corrected chi connectivity index (χ1v) is 10.1. The summed E-state index contributed by atoms with van der Waals surface area (Å²) < 4.78 is 0. The van der Waals surface area contributed by atoms with E-state index in [0.29, 0.717) is 18.8 Å². The molecule has 0 N–H and O–H groups in total. The molecular weight excluding hydrogens is 362 g/mol. The summed E-state index contributed by atoms with van der Waals surface area (Å²) in [5.74, 6) is 0.965. The van der Waals surface area contributed by atoms with Crippen LogP contribution in [0.25, 0.3) is 0 Å². The van der Waals surface area contributed by atoms with Gasteiger partial charge in [-0.3, -0.25) is 4.79 Å². The van der Waals surface area contributed by atoms with E-state index in [9.17, 15) is 4.79 Å². The summed E-state index contributed by atoms with van der Waals surface area (Å²) in [7, 11) is 0. The molecule has 1 aromatic carbocycles. The lowest BCUT2D eigenvalue weighted by molar-refractivity contribution is 0.0740. The molecule has 1 fully saturated rings. The monoisotopic (exact) mass is 385 g/mol. The number of fused-ring (bicyclic) bond motifs is 1. The number of benzene rings is 1. The third-order valence-electron chi connectivity index (χ3n) is 5.71. The Hall–Kier alpha value is -3.41. The second-order valence-corrected chi connectivity index (χ2v) is 7.40. The molecule has 0 radical (unpaired) electrons. The molecule has 5 rings (SSSR count). The molecular formula is C23H23N5O. The Morgan fingerprint density at radius 1 is 0.828 bits per heavy atom. The van der Waals surface area contributed by atoms with Crippen molar-refractivity contribution in [3.05, 3.63) is 78.2 Å². The number of para-hydroxylation sites is 1. The molecule has 0 aliphatic carbocycles. The van der Waals surface area contributed by atoms with Crippen molar-refractivity contribution in [2.24, 2.45) is 0 Å². The van der Waals surface area contributed by atoms with Crippen molar-refractivity contribution in [3.63, 3.8) is 0 Å². The van der Waals surface area contributed by atoms with Crippen molar-refractivity contribution in [2.45, 2.75) is 6.42 Å². The highest BCUT2D eigenvalue weighted by atomic mass is 16.2. The number of piperazine rings is 1. The molecule has 1 saturated heterocycles. The van der Waals surface area contributed by atoms with E-state index < -0.39 is 0 Å². The van der Waals surface area contributed by atoms with E-state index in [4.69, 9.17) is 0 Å². The summed E-state index contributed by atoms with van der Waals surface area (Å²) in [5, 5.41) is 0. The summed E-state index contributed by atoms with van der Waals surface area (Å²) in [5.41, 5.74) is 4.14. The topological polar surface area (TPSA) is 52.6 Å². The molecule has 6 heteroatoms. The number of amides is 1. The van der Waals surface area contributed by atoms with E-state index in [1.165, 1.54) is 11.3 Å². The highest BCUT2D eigenvalue weighted by molar-refractivity contribution is 5.92. The molecule has 2 aromatic heterocycles. The van der Waals surface area contributed by atoms with Gasteiger partial charge in [0.2, 0.25) is 0 Å². The van der Waals surface area contributed by atoms with Crippen molar-refractivity contribution in [3.8, 4) is 0 Å². The van der Waals surface area contributed by atoms with Crippen molar-refractivity contribution >= 4 is 23.1 Å². The molecule has 6 nitrogen and oxygen atoms in total. The Bertz CT molecular complexity index is 997. The zero-order chi connectivity index (χ0) is 19.6. The van der Waals surface area contributed by atoms with Crippen LogP contribution in [-0.4, -0.2) is 53.5 Å². The fourth-order valence-electron chi connectivity index (χ4n) is 4.12. The Morgan fingerprint density at radius 3 is 2.41 bits per heavy atom. The van der Waals surface area contributed by atoms with E-state index in [-0.39, 0.29) is 5.91 Å². The van der Waals surface area contributed by atoms with Gasteiger partial charge in [-0.2, -0.15) is 0 Å². The van der Waals surface area contributed by atoms with E-state index in [0.717, 1.165) is 37.6 Å². The number of carbonyl (C=O) groups excluding carboxylic acids is 1. The minimum absolute atomic E-state index is 0.000886. The van der Waals surface area contributed by atoms with Crippen molar-refractivity contribution < 1.29 is 4.79 Å². The quantitative estimate of drug-likeness (QED) is 0.693. The van der Waals surface area contributed by atoms with Crippen molar-refractivity contribution in [2.75, 3.05) is 42.5 Å². The summed E-state index contributed by atoms with van der Waals surface area (Å²) >= 11 is 0. The van der Waals surface area contributed by atoms with Gasteiger partial charge in [0.1, 0.15) is 11.5 Å². The highest BCUT2D eigenvalue weighted by Crippen LogP contribution is 2.33. The van der Waals surface area contributed by atoms with Gasteiger partial charge >= 0.3 is 0 Å². The minimum atomic E-state index is -0.000886. The number of carbonyl (C=O) groups is 1. The predicted molar refractivity (Wildman–Crippen MR) is 114 cm³/mol. The average Bonchev–Trinajstić information content (AvgIpc) is 3.24. The van der Waals surface area contributed by atoms with Crippen LogP contribution in [0.3, 0.4) is 0 Å². The van der Waals surface area contributed by atoms with Crippen LogP contribution in [0.4, 0.5) is 17.2 Å². The van der Waals surface area contributed by atoms with Gasteiger partial charge in [0.15, 0.2) is 0 Å². The molecule has 2 aliphatic heterocycles. The van der Waals surface area contributed by atoms with Crippen LogP contribution in [0.15, 0.2) is 67.0 Å². The first-order chi connectivity index (χ1) is 14.3. The second-order valence-electron chi connectivity index (χ2n) is 7.40. The van der Waals surface area contributed by atoms with Gasteiger partial charge in [0.05, 0.1) is 11.9 Å². The van der Waals surface area contributed by atoms with Crippen LogP contribution in [0.2, 0.25) is 0 Å². The lowest BCUT2D eigenvalue weighted by Gasteiger charge is -2.35. The number of anilines is 3. The maximum atomic E-state index is 12.9. The molecule has 0 saturated carbocycles. The highest BCUT2D eigenvalue weighted by Gasteiger charge is 2.24. The summed E-state index contributed by atoms with van der Waals surface area (Å²) in [6, 6.07) is 18.2. The molecule has 4 heterocycles. The van der Waals surface area contributed by atoms with Gasteiger partial charge in [0.25, 0.3) is 5.91 Å². The SMILES string of the molecule is O=C(c1ccc(N2CCc3ccccc32)cn1)N1CCN(c2ccccn2)CC1. The molecule has 0 atom stereocenters. The normalized spacial score (nSPS) is 16.1. The summed E-state index contributed by atoms with van der Waals surface area (Å²) in [4.78, 5) is 28.1. The third-order valence-corrected chi connectivity index (χ3v) is 5.71. The Labute approximate surface area is 170 Å². The van der Waals surface area contributed by atoms with Crippen LogP contribution >= 0.6 is 0 Å². The average molecular weight is 385 g/mol. The lowest BCUT2D eigenvalue weighted by Crippen LogP contribution is -2.49. The molecule has 0 spiro atoms. The number of rotatable bonds is 3. The lowest BCUT2D eigenvalue weighted by atomic mass is 10.2. The van der Waals surface area contributed by atoms with Gasteiger partial charge in [-0.05, 0) is 42.3 Å². The maximum absolute atomic E-state index is 12.9. The third kappa shape index (κ3) is 3.42. The molecule has 2 aliphatic rings. The summed E-state index contributed by atoms with van der Waals surface area (Å²) in [6.07, 6.45) is 4.66. The maximum Gasteiger partial charge on any atom is 0.272 e. The molecule has 29 heavy (non-hydrogen) atoms. The van der Waals surface area contributed by atoms with Crippen molar-refractivity contribution in [1.82, 2.24) is 14.9 Å². The zero-order valence-electron chi connectivity index (χ0n) is 16.2. The van der Waals surface area contributed by atoms with E-state index in [1.54, 1.807) is 6.20 Å². The van der Waals surface area contributed by atoms with Gasteiger partial charge in [-0.1, -0.05) is 24.3 Å². The zero-order valence-corrected chi connectivity index (χ0v) is 16.2. The largest absolute Gasteiger partial charge is 0.353 e. The predicted octanol–water partition coefficient (Wildman–Crippen LogP) is 3.13. The van der Waals surface area contributed by atoms with Crippen LogP contribution in [0, 0.1) is 0 Å².